The fourth-order valence-electron chi connectivity index (χ4n) is 4.09. The van der Waals surface area contributed by atoms with Gasteiger partial charge < -0.3 is 0 Å². The van der Waals surface area contributed by atoms with Crippen LogP contribution in [0.2, 0.25) is 0 Å². The highest BCUT2D eigenvalue weighted by atomic mass is 32.1. The molecule has 0 heterocycles. The third kappa shape index (κ3) is 24.7. The van der Waals surface area contributed by atoms with Crippen LogP contribution >= 0.6 is 25.3 Å². The molecule has 0 N–H and O–H groups in total. The van der Waals surface area contributed by atoms with E-state index in [-0.39, 0.29) is 0 Å². The third-order valence-corrected chi connectivity index (χ3v) is 6.92. The average Bonchev–Trinajstić information content (AvgIpc) is 2.70. The Morgan fingerprint density at radius 2 is 0.714 bits per heavy atom. The predicted octanol–water partition coefficient (Wildman–Crippen LogP) is 10.2. The van der Waals surface area contributed by atoms with Gasteiger partial charge in [0, 0.05) is 5.25 Å². The van der Waals surface area contributed by atoms with Gasteiger partial charge in [-0.05, 0) is 25.0 Å². The molecule has 0 aromatic heterocycles. The summed E-state index contributed by atoms with van der Waals surface area (Å²) >= 11 is 9.09. The van der Waals surface area contributed by atoms with E-state index >= 15 is 0 Å². The van der Waals surface area contributed by atoms with Crippen LogP contribution in [0.1, 0.15) is 155 Å². The van der Waals surface area contributed by atoms with Crippen LogP contribution in [-0.4, -0.2) is 11.0 Å². The van der Waals surface area contributed by atoms with E-state index in [1.54, 1.807) is 0 Å². The van der Waals surface area contributed by atoms with Crippen molar-refractivity contribution in [3.8, 4) is 0 Å². The summed E-state index contributed by atoms with van der Waals surface area (Å²) in [4.78, 5) is 0. The highest BCUT2D eigenvalue weighted by molar-refractivity contribution is 7.81. The van der Waals surface area contributed by atoms with E-state index in [4.69, 9.17) is 12.6 Å². The van der Waals surface area contributed by atoms with Crippen molar-refractivity contribution >= 4 is 25.3 Å². The van der Waals surface area contributed by atoms with Crippen molar-refractivity contribution in [2.75, 3.05) is 5.75 Å². The maximum Gasteiger partial charge on any atom is 0.00168 e. The highest BCUT2D eigenvalue weighted by Gasteiger charge is 2.03. The molecule has 0 fully saturated rings. The van der Waals surface area contributed by atoms with Gasteiger partial charge in [-0.15, -0.1) is 0 Å². The first-order valence-corrected chi connectivity index (χ1v) is 14.2. The Bertz CT molecular complexity index is 241. The molecule has 0 aliphatic rings. The Kier molecular flexibility index (Phi) is 26.4. The number of hydrogen-bond acceptors (Lipinski definition) is 2. The zero-order chi connectivity index (χ0) is 20.5. The van der Waals surface area contributed by atoms with Crippen LogP contribution in [0.5, 0.6) is 0 Å². The Morgan fingerprint density at radius 3 is 1.04 bits per heavy atom. The zero-order valence-corrected chi connectivity index (χ0v) is 21.2. The number of rotatable bonds is 24. The van der Waals surface area contributed by atoms with Crippen molar-refractivity contribution in [2.45, 2.75) is 160 Å². The van der Waals surface area contributed by atoms with Gasteiger partial charge in [-0.2, -0.15) is 25.3 Å². The Labute approximate surface area is 190 Å². The van der Waals surface area contributed by atoms with Crippen molar-refractivity contribution in [1.82, 2.24) is 0 Å². The molecule has 0 aromatic carbocycles. The van der Waals surface area contributed by atoms with Crippen LogP contribution < -0.4 is 0 Å². The van der Waals surface area contributed by atoms with Gasteiger partial charge in [0.05, 0.1) is 0 Å². The van der Waals surface area contributed by atoms with Crippen LogP contribution in [0.4, 0.5) is 0 Å². The maximum absolute atomic E-state index is 4.82. The first kappa shape index (κ1) is 28.7. The lowest BCUT2D eigenvalue weighted by Crippen LogP contribution is -1.98. The molecule has 0 spiro atoms. The van der Waals surface area contributed by atoms with Crippen LogP contribution in [0, 0.1) is 0 Å². The second-order valence-electron chi connectivity index (χ2n) is 9.03. The molecule has 2 heteroatoms. The van der Waals surface area contributed by atoms with E-state index in [1.807, 2.05) is 0 Å². The second kappa shape index (κ2) is 25.7. The topological polar surface area (TPSA) is 0 Å². The van der Waals surface area contributed by atoms with E-state index in [1.165, 1.54) is 148 Å². The summed E-state index contributed by atoms with van der Waals surface area (Å²) in [5.74, 6) is 1.06. The summed E-state index contributed by atoms with van der Waals surface area (Å²) in [6.45, 7) is 2.30. The first-order chi connectivity index (χ1) is 13.8. The van der Waals surface area contributed by atoms with Gasteiger partial charge in [-0.1, -0.05) is 135 Å². The van der Waals surface area contributed by atoms with Gasteiger partial charge in [0.2, 0.25) is 0 Å². The molecule has 1 atom stereocenters. The van der Waals surface area contributed by atoms with E-state index in [9.17, 15) is 0 Å². The molecule has 0 amide bonds. The van der Waals surface area contributed by atoms with Crippen LogP contribution in [-0.2, 0) is 0 Å². The minimum absolute atomic E-state index is 0.658. The highest BCUT2D eigenvalue weighted by Crippen LogP contribution is 2.18. The lowest BCUT2D eigenvalue weighted by atomic mass is 10.0. The molecular formula is C26H54S2. The summed E-state index contributed by atoms with van der Waals surface area (Å²) < 4.78 is 0. The predicted molar refractivity (Wildman–Crippen MR) is 138 cm³/mol. The number of unbranched alkanes of at least 4 members (excludes halogenated alkanes) is 19. The van der Waals surface area contributed by atoms with Gasteiger partial charge >= 0.3 is 0 Å². The Hall–Kier alpha value is 0.700. The molecule has 0 bridgehead atoms. The average molecular weight is 431 g/mol. The van der Waals surface area contributed by atoms with Gasteiger partial charge in [-0.25, -0.2) is 0 Å². The van der Waals surface area contributed by atoms with Crippen LogP contribution in [0.3, 0.4) is 0 Å². The van der Waals surface area contributed by atoms with Crippen LogP contribution in [0.25, 0.3) is 0 Å². The molecule has 0 saturated heterocycles. The summed E-state index contributed by atoms with van der Waals surface area (Å²) in [6, 6.07) is 0. The fourth-order valence-corrected chi connectivity index (χ4v) is 4.68. The maximum atomic E-state index is 4.82. The smallest absolute Gasteiger partial charge is 0.00168 e. The lowest BCUT2D eigenvalue weighted by molar-refractivity contribution is 0.523. The van der Waals surface area contributed by atoms with E-state index in [0.717, 1.165) is 5.75 Å². The minimum Gasteiger partial charge on any atom is -0.179 e. The summed E-state index contributed by atoms with van der Waals surface area (Å²) in [5, 5.41) is 0.658. The molecule has 0 aliphatic heterocycles. The minimum atomic E-state index is 0.658. The third-order valence-electron chi connectivity index (χ3n) is 6.09. The first-order valence-electron chi connectivity index (χ1n) is 13.1. The quantitative estimate of drug-likeness (QED) is 0.110. The number of hydrogen-bond donors (Lipinski definition) is 2. The standard InChI is InChI=1S/C26H54S2/c1-2-3-4-5-6-7-8-11-14-17-20-23-26(28)24-21-18-15-12-9-10-13-16-19-22-25-27/h26-28H,2-25H2,1H3. The van der Waals surface area contributed by atoms with Gasteiger partial charge in [0.15, 0.2) is 0 Å². The lowest BCUT2D eigenvalue weighted by Gasteiger charge is -2.10. The SMILES string of the molecule is CCCCCCCCCCCCCC(S)CCCCCCCCCCCCS. The van der Waals surface area contributed by atoms with Crippen LogP contribution in [0.15, 0.2) is 0 Å². The van der Waals surface area contributed by atoms with Crippen molar-refractivity contribution in [1.29, 1.82) is 0 Å². The molecule has 28 heavy (non-hydrogen) atoms. The van der Waals surface area contributed by atoms with Gasteiger partial charge in [0.25, 0.3) is 0 Å². The summed E-state index contributed by atoms with van der Waals surface area (Å²) in [5.41, 5.74) is 0. The Morgan fingerprint density at radius 1 is 0.429 bits per heavy atom. The monoisotopic (exact) mass is 430 g/mol. The van der Waals surface area contributed by atoms with Crippen molar-refractivity contribution in [3.05, 3.63) is 0 Å². The molecule has 0 aromatic rings. The second-order valence-corrected chi connectivity index (χ2v) is 10.2. The Balaban J connectivity index is 3.12. The van der Waals surface area contributed by atoms with E-state index in [0.29, 0.717) is 5.25 Å². The van der Waals surface area contributed by atoms with E-state index in [2.05, 4.69) is 19.6 Å². The normalized spacial score (nSPS) is 12.5. The summed E-state index contributed by atoms with van der Waals surface area (Å²) in [6.07, 6.45) is 32.7. The summed E-state index contributed by atoms with van der Waals surface area (Å²) in [7, 11) is 0. The van der Waals surface area contributed by atoms with Crippen molar-refractivity contribution in [3.63, 3.8) is 0 Å². The van der Waals surface area contributed by atoms with Gasteiger partial charge in [-0.3, -0.25) is 0 Å². The molecule has 0 rings (SSSR count). The van der Waals surface area contributed by atoms with Crippen molar-refractivity contribution in [2.24, 2.45) is 0 Å². The molecular weight excluding hydrogens is 376 g/mol. The molecule has 0 saturated carbocycles. The van der Waals surface area contributed by atoms with Gasteiger partial charge in [0.1, 0.15) is 0 Å². The fraction of sp³-hybridized carbons (Fsp3) is 1.00. The molecule has 0 aliphatic carbocycles. The molecule has 1 unspecified atom stereocenters. The molecule has 170 valence electrons. The molecule has 0 radical (unpaired) electrons. The molecule has 0 nitrogen and oxygen atoms in total. The largest absolute Gasteiger partial charge is 0.179 e. The number of thiol groups is 2. The zero-order valence-electron chi connectivity index (χ0n) is 19.4. The van der Waals surface area contributed by atoms with E-state index < -0.39 is 0 Å². The van der Waals surface area contributed by atoms with Crippen molar-refractivity contribution < 1.29 is 0 Å².